The van der Waals surface area contributed by atoms with E-state index in [2.05, 4.69) is 4.74 Å². The highest BCUT2D eigenvalue weighted by Gasteiger charge is 2.23. The van der Waals surface area contributed by atoms with Crippen molar-refractivity contribution in [2.75, 3.05) is 7.11 Å². The third kappa shape index (κ3) is 4.07. The van der Waals surface area contributed by atoms with Crippen LogP contribution in [0.2, 0.25) is 5.02 Å². The molecule has 0 aliphatic rings. The molecule has 0 bridgehead atoms. The zero-order valence-electron chi connectivity index (χ0n) is 12.2. The van der Waals surface area contributed by atoms with Gasteiger partial charge in [0.15, 0.2) is 6.10 Å². The Kier molecular flexibility index (Phi) is 5.55. The Labute approximate surface area is 134 Å². The molecule has 0 heterocycles. The van der Waals surface area contributed by atoms with Gasteiger partial charge in [0, 0.05) is 11.1 Å². The zero-order chi connectivity index (χ0) is 16.1. The average molecular weight is 320 g/mol. The first-order chi connectivity index (χ1) is 10.5. The highest BCUT2D eigenvalue weighted by atomic mass is 35.5. The van der Waals surface area contributed by atoms with Crippen LogP contribution in [0, 0.1) is 0 Å². The van der Waals surface area contributed by atoms with Crippen LogP contribution in [0.5, 0.6) is 0 Å². The van der Waals surface area contributed by atoms with Crippen LogP contribution < -0.4 is 5.73 Å². The quantitative estimate of drug-likeness (QED) is 0.830. The Morgan fingerprint density at radius 2 is 1.91 bits per heavy atom. The number of carbonyl (C=O) groups is 1. The maximum atomic E-state index is 11.2. The van der Waals surface area contributed by atoms with Gasteiger partial charge in [-0.25, -0.2) is 4.79 Å². The number of hydrogen-bond donors (Lipinski definition) is 2. The van der Waals surface area contributed by atoms with Gasteiger partial charge in [-0.3, -0.25) is 0 Å². The molecular weight excluding hydrogens is 302 g/mol. The van der Waals surface area contributed by atoms with E-state index in [0.717, 1.165) is 16.7 Å². The van der Waals surface area contributed by atoms with Crippen molar-refractivity contribution in [2.45, 2.75) is 18.6 Å². The van der Waals surface area contributed by atoms with Crippen molar-refractivity contribution in [3.63, 3.8) is 0 Å². The minimum Gasteiger partial charge on any atom is -0.467 e. The highest BCUT2D eigenvalue weighted by Crippen LogP contribution is 2.23. The normalized spacial score (nSPS) is 13.5. The summed E-state index contributed by atoms with van der Waals surface area (Å²) < 4.78 is 4.48. The fourth-order valence-electron chi connectivity index (χ4n) is 2.18. The first kappa shape index (κ1) is 16.5. The first-order valence-corrected chi connectivity index (χ1v) is 7.25. The molecule has 0 amide bonds. The average Bonchev–Trinajstić information content (AvgIpc) is 2.54. The van der Waals surface area contributed by atoms with Gasteiger partial charge in [0.25, 0.3) is 0 Å². The molecule has 3 N–H and O–H groups in total. The monoisotopic (exact) mass is 319 g/mol. The minimum atomic E-state index is -1.32. The molecule has 0 saturated heterocycles. The maximum Gasteiger partial charge on any atom is 0.336 e. The molecule has 2 atom stereocenters. The van der Waals surface area contributed by atoms with Crippen LogP contribution in [0.25, 0.3) is 11.1 Å². The molecule has 5 heteroatoms. The van der Waals surface area contributed by atoms with Crippen molar-refractivity contribution in [3.05, 3.63) is 59.1 Å². The molecule has 0 aliphatic carbocycles. The lowest BCUT2D eigenvalue weighted by Crippen LogP contribution is -2.42. The molecule has 0 fully saturated rings. The number of hydrogen-bond acceptors (Lipinski definition) is 4. The number of halogens is 1. The predicted octanol–water partition coefficient (Wildman–Crippen LogP) is 2.41. The summed E-state index contributed by atoms with van der Waals surface area (Å²) in [6, 6.07) is 14.6. The summed E-state index contributed by atoms with van der Waals surface area (Å²) in [5.74, 6) is -0.719. The number of methoxy groups -OCH3 is 1. The Hall–Kier alpha value is -1.88. The predicted molar refractivity (Wildman–Crippen MR) is 86.6 cm³/mol. The molecule has 2 rings (SSSR count). The number of aliphatic hydroxyl groups is 1. The van der Waals surface area contributed by atoms with Crippen molar-refractivity contribution in [1.82, 2.24) is 0 Å². The summed E-state index contributed by atoms with van der Waals surface area (Å²) in [5, 5.41) is 10.4. The summed E-state index contributed by atoms with van der Waals surface area (Å²) in [6.45, 7) is 0. The van der Waals surface area contributed by atoms with E-state index in [-0.39, 0.29) is 0 Å². The Morgan fingerprint density at radius 3 is 2.50 bits per heavy atom. The van der Waals surface area contributed by atoms with Crippen LogP contribution in [0.1, 0.15) is 5.56 Å². The number of benzene rings is 2. The van der Waals surface area contributed by atoms with Crippen LogP contribution in [-0.4, -0.2) is 30.3 Å². The smallest absolute Gasteiger partial charge is 0.336 e. The fourth-order valence-corrected chi connectivity index (χ4v) is 2.37. The van der Waals surface area contributed by atoms with E-state index in [1.165, 1.54) is 7.11 Å². The van der Waals surface area contributed by atoms with Crippen molar-refractivity contribution in [3.8, 4) is 11.1 Å². The van der Waals surface area contributed by atoms with E-state index in [4.69, 9.17) is 17.3 Å². The minimum absolute atomic E-state index is 0.381. The zero-order valence-corrected chi connectivity index (χ0v) is 13.0. The second kappa shape index (κ2) is 7.40. The van der Waals surface area contributed by atoms with Gasteiger partial charge in [0.05, 0.1) is 7.11 Å². The molecule has 116 valence electrons. The standard InChI is InChI=1S/C17H18ClNO3/c1-22-17(21)16(20)15(19)9-11-5-7-12(8-6-11)13-3-2-4-14(18)10-13/h2-8,10,15-16,20H,9,19H2,1H3. The van der Waals surface area contributed by atoms with Gasteiger partial charge in [-0.05, 0) is 35.2 Å². The highest BCUT2D eigenvalue weighted by molar-refractivity contribution is 6.30. The second-order valence-electron chi connectivity index (χ2n) is 5.04. The van der Waals surface area contributed by atoms with Crippen molar-refractivity contribution >= 4 is 17.6 Å². The van der Waals surface area contributed by atoms with Gasteiger partial charge in [-0.15, -0.1) is 0 Å². The number of nitrogens with two attached hydrogens (primary N) is 1. The third-order valence-electron chi connectivity index (χ3n) is 3.43. The SMILES string of the molecule is COC(=O)C(O)C(N)Cc1ccc(-c2cccc(Cl)c2)cc1. The van der Waals surface area contributed by atoms with Crippen LogP contribution in [0.4, 0.5) is 0 Å². The van der Waals surface area contributed by atoms with Crippen molar-refractivity contribution < 1.29 is 14.6 Å². The number of carbonyl (C=O) groups excluding carboxylic acids is 1. The summed E-state index contributed by atoms with van der Waals surface area (Å²) in [5.41, 5.74) is 8.82. The number of esters is 1. The van der Waals surface area contributed by atoms with Crippen LogP contribution in [-0.2, 0) is 16.0 Å². The number of aliphatic hydroxyl groups excluding tert-OH is 1. The summed E-state index contributed by atoms with van der Waals surface area (Å²) in [6.07, 6.45) is -0.941. The molecule has 2 aromatic carbocycles. The van der Waals surface area contributed by atoms with Crippen molar-refractivity contribution in [1.29, 1.82) is 0 Å². The van der Waals surface area contributed by atoms with E-state index in [1.54, 1.807) is 0 Å². The van der Waals surface area contributed by atoms with E-state index in [1.807, 2.05) is 48.5 Å². The van der Waals surface area contributed by atoms with Crippen molar-refractivity contribution in [2.24, 2.45) is 5.73 Å². The lowest BCUT2D eigenvalue weighted by molar-refractivity contribution is -0.151. The van der Waals surface area contributed by atoms with Gasteiger partial charge in [0.1, 0.15) is 0 Å². The van der Waals surface area contributed by atoms with Gasteiger partial charge in [-0.2, -0.15) is 0 Å². The topological polar surface area (TPSA) is 72.5 Å². The molecule has 4 nitrogen and oxygen atoms in total. The first-order valence-electron chi connectivity index (χ1n) is 6.87. The van der Waals surface area contributed by atoms with Gasteiger partial charge < -0.3 is 15.6 Å². The third-order valence-corrected chi connectivity index (χ3v) is 3.67. The number of ether oxygens (including phenoxy) is 1. The summed E-state index contributed by atoms with van der Waals surface area (Å²) >= 11 is 5.98. The largest absolute Gasteiger partial charge is 0.467 e. The lowest BCUT2D eigenvalue weighted by Gasteiger charge is -2.16. The van der Waals surface area contributed by atoms with E-state index in [0.29, 0.717) is 11.4 Å². The van der Waals surface area contributed by atoms with Crippen LogP contribution in [0.15, 0.2) is 48.5 Å². The molecule has 0 aliphatic heterocycles. The van der Waals surface area contributed by atoms with E-state index in [9.17, 15) is 9.90 Å². The molecular formula is C17H18ClNO3. The van der Waals surface area contributed by atoms with E-state index < -0.39 is 18.1 Å². The lowest BCUT2D eigenvalue weighted by atomic mass is 9.99. The van der Waals surface area contributed by atoms with Gasteiger partial charge in [-0.1, -0.05) is 48.0 Å². The molecule has 22 heavy (non-hydrogen) atoms. The fraction of sp³-hybridized carbons (Fsp3) is 0.235. The molecule has 0 spiro atoms. The number of rotatable bonds is 5. The molecule has 0 saturated carbocycles. The maximum absolute atomic E-state index is 11.2. The molecule has 0 radical (unpaired) electrons. The van der Waals surface area contributed by atoms with Crippen LogP contribution >= 0.6 is 11.6 Å². The molecule has 2 unspecified atom stereocenters. The van der Waals surface area contributed by atoms with E-state index >= 15 is 0 Å². The summed E-state index contributed by atoms with van der Waals surface area (Å²) in [7, 11) is 1.22. The summed E-state index contributed by atoms with van der Waals surface area (Å²) in [4.78, 5) is 11.2. The Balaban J connectivity index is 2.08. The van der Waals surface area contributed by atoms with Gasteiger partial charge >= 0.3 is 5.97 Å². The Morgan fingerprint density at radius 1 is 1.23 bits per heavy atom. The second-order valence-corrected chi connectivity index (χ2v) is 5.48. The molecule has 0 aromatic heterocycles. The van der Waals surface area contributed by atoms with Crippen LogP contribution in [0.3, 0.4) is 0 Å². The Bertz CT molecular complexity index is 643. The van der Waals surface area contributed by atoms with Gasteiger partial charge in [0.2, 0.25) is 0 Å². The molecule has 2 aromatic rings.